The van der Waals surface area contributed by atoms with Gasteiger partial charge in [-0.3, -0.25) is 4.79 Å². The molecule has 1 aromatic carbocycles. The van der Waals surface area contributed by atoms with Gasteiger partial charge in [0.15, 0.2) is 17.5 Å². The van der Waals surface area contributed by atoms with Crippen molar-refractivity contribution in [2.75, 3.05) is 25.6 Å². The number of esters is 1. The molecule has 0 aliphatic rings. The van der Waals surface area contributed by atoms with E-state index in [2.05, 4.69) is 15.0 Å². The molecule has 0 radical (unpaired) electrons. The minimum atomic E-state index is -0.403. The molecule has 0 fully saturated rings. The number of fused-ring (bicyclic) bond motifs is 1. The van der Waals surface area contributed by atoms with Crippen LogP contribution in [-0.4, -0.2) is 51.6 Å². The Morgan fingerprint density at radius 3 is 2.52 bits per heavy atom. The van der Waals surface area contributed by atoms with Gasteiger partial charge in [-0.25, -0.2) is 4.98 Å². The SMILES string of the molecule is CCOC(CC(COC(C)=O)Cn1cnc2c(OCc3ccccc3)nc(N)nc21)OCC. The average molecular weight is 458 g/mol. The van der Waals surface area contributed by atoms with Crippen molar-refractivity contribution in [1.82, 2.24) is 19.5 Å². The van der Waals surface area contributed by atoms with Gasteiger partial charge >= 0.3 is 5.97 Å². The molecule has 178 valence electrons. The number of aromatic nitrogens is 4. The summed E-state index contributed by atoms with van der Waals surface area (Å²) in [7, 11) is 0. The number of imidazole rings is 1. The van der Waals surface area contributed by atoms with Gasteiger partial charge in [0.1, 0.15) is 6.61 Å². The number of ether oxygens (including phenoxy) is 4. The van der Waals surface area contributed by atoms with Crippen LogP contribution in [0.3, 0.4) is 0 Å². The second-order valence-electron chi connectivity index (χ2n) is 7.47. The molecule has 0 bridgehead atoms. The Morgan fingerprint density at radius 1 is 1.12 bits per heavy atom. The zero-order valence-corrected chi connectivity index (χ0v) is 19.3. The van der Waals surface area contributed by atoms with Crippen LogP contribution < -0.4 is 10.5 Å². The van der Waals surface area contributed by atoms with Crippen molar-refractivity contribution in [3.63, 3.8) is 0 Å². The van der Waals surface area contributed by atoms with Crippen molar-refractivity contribution in [2.45, 2.75) is 46.6 Å². The first kappa shape index (κ1) is 24.4. The first-order valence-corrected chi connectivity index (χ1v) is 11.0. The van der Waals surface area contributed by atoms with E-state index in [4.69, 9.17) is 24.7 Å². The van der Waals surface area contributed by atoms with Gasteiger partial charge in [0.2, 0.25) is 11.8 Å². The van der Waals surface area contributed by atoms with Crippen LogP contribution in [-0.2, 0) is 32.2 Å². The standard InChI is InChI=1S/C23H31N5O5/c1-4-30-19(31-5-2)11-18(14-32-16(3)29)12-28-15-25-20-21(28)26-23(24)27-22(20)33-13-17-9-7-6-8-10-17/h6-10,15,18-19H,4-5,11-14H2,1-3H3,(H2,24,26,27). The van der Waals surface area contributed by atoms with E-state index in [9.17, 15) is 4.79 Å². The minimum Gasteiger partial charge on any atom is -0.471 e. The first-order chi connectivity index (χ1) is 16.0. The summed E-state index contributed by atoms with van der Waals surface area (Å²) in [6.07, 6.45) is 1.79. The molecule has 1 unspecified atom stereocenters. The molecule has 0 saturated heterocycles. The molecule has 2 N–H and O–H groups in total. The number of benzene rings is 1. The van der Waals surface area contributed by atoms with Crippen molar-refractivity contribution in [3.8, 4) is 5.88 Å². The van der Waals surface area contributed by atoms with Gasteiger partial charge in [0.25, 0.3) is 0 Å². The molecule has 3 rings (SSSR count). The quantitative estimate of drug-likeness (QED) is 0.305. The fourth-order valence-electron chi connectivity index (χ4n) is 3.43. The normalized spacial score (nSPS) is 12.2. The van der Waals surface area contributed by atoms with Gasteiger partial charge in [-0.15, -0.1) is 0 Å². The van der Waals surface area contributed by atoms with Gasteiger partial charge in [-0.05, 0) is 19.4 Å². The molecule has 33 heavy (non-hydrogen) atoms. The number of nitrogens with zero attached hydrogens (tertiary/aromatic N) is 4. The lowest BCUT2D eigenvalue weighted by Crippen LogP contribution is -2.27. The van der Waals surface area contributed by atoms with Crippen LogP contribution in [0, 0.1) is 5.92 Å². The molecule has 10 heteroatoms. The average Bonchev–Trinajstić information content (AvgIpc) is 3.19. The smallest absolute Gasteiger partial charge is 0.302 e. The van der Waals surface area contributed by atoms with E-state index in [1.165, 1.54) is 6.92 Å². The number of anilines is 1. The third kappa shape index (κ3) is 7.13. The molecule has 0 spiro atoms. The molecule has 0 amide bonds. The van der Waals surface area contributed by atoms with Crippen LogP contribution in [0.4, 0.5) is 5.95 Å². The summed E-state index contributed by atoms with van der Waals surface area (Å²) in [5.41, 5.74) is 8.02. The zero-order valence-electron chi connectivity index (χ0n) is 19.3. The van der Waals surface area contributed by atoms with E-state index < -0.39 is 6.29 Å². The lowest BCUT2D eigenvalue weighted by atomic mass is 10.1. The second kappa shape index (κ2) is 12.1. The third-order valence-corrected chi connectivity index (χ3v) is 4.88. The summed E-state index contributed by atoms with van der Waals surface area (Å²) in [6.45, 7) is 7.25. The Balaban J connectivity index is 1.81. The summed E-state index contributed by atoms with van der Waals surface area (Å²) in [4.78, 5) is 24.5. The van der Waals surface area contributed by atoms with Gasteiger partial charge in [0, 0.05) is 39.0 Å². The number of hydrogen-bond acceptors (Lipinski definition) is 9. The van der Waals surface area contributed by atoms with E-state index in [0.717, 1.165) is 5.56 Å². The molecule has 0 aliphatic heterocycles. The number of nitrogens with two attached hydrogens (primary N) is 1. The topological polar surface area (TPSA) is 124 Å². The highest BCUT2D eigenvalue weighted by Gasteiger charge is 2.22. The van der Waals surface area contributed by atoms with Crippen molar-refractivity contribution in [2.24, 2.45) is 5.92 Å². The third-order valence-electron chi connectivity index (χ3n) is 4.88. The van der Waals surface area contributed by atoms with Gasteiger partial charge in [-0.1, -0.05) is 30.3 Å². The zero-order chi connectivity index (χ0) is 23.6. The van der Waals surface area contributed by atoms with Crippen molar-refractivity contribution in [1.29, 1.82) is 0 Å². The fraction of sp³-hybridized carbons (Fsp3) is 0.478. The number of carbonyl (C=O) groups is 1. The number of nitrogen functional groups attached to an aromatic ring is 1. The fourth-order valence-corrected chi connectivity index (χ4v) is 3.43. The van der Waals surface area contributed by atoms with Crippen LogP contribution in [0.2, 0.25) is 0 Å². The molecule has 2 aromatic heterocycles. The van der Waals surface area contributed by atoms with Crippen LogP contribution in [0.15, 0.2) is 36.7 Å². The Kier molecular flexibility index (Phi) is 8.96. The minimum absolute atomic E-state index is 0.0883. The van der Waals surface area contributed by atoms with Gasteiger partial charge in [0.05, 0.1) is 12.9 Å². The Morgan fingerprint density at radius 2 is 1.85 bits per heavy atom. The maximum atomic E-state index is 11.4. The van der Waals surface area contributed by atoms with Crippen molar-refractivity contribution in [3.05, 3.63) is 42.2 Å². The van der Waals surface area contributed by atoms with E-state index in [1.807, 2.05) is 48.7 Å². The monoisotopic (exact) mass is 457 g/mol. The lowest BCUT2D eigenvalue weighted by Gasteiger charge is -2.23. The maximum Gasteiger partial charge on any atom is 0.302 e. The van der Waals surface area contributed by atoms with Crippen LogP contribution in [0.1, 0.15) is 32.8 Å². The lowest BCUT2D eigenvalue weighted by molar-refractivity contribution is -0.156. The van der Waals surface area contributed by atoms with Gasteiger partial charge < -0.3 is 29.2 Å². The van der Waals surface area contributed by atoms with Crippen LogP contribution >= 0.6 is 0 Å². The number of hydrogen-bond donors (Lipinski definition) is 1. The summed E-state index contributed by atoms with van der Waals surface area (Å²) in [5.74, 6) is -0.0363. The summed E-state index contributed by atoms with van der Waals surface area (Å²) in [6, 6.07) is 9.76. The van der Waals surface area contributed by atoms with E-state index in [1.54, 1.807) is 6.33 Å². The first-order valence-electron chi connectivity index (χ1n) is 11.0. The van der Waals surface area contributed by atoms with Crippen molar-refractivity contribution >= 4 is 23.1 Å². The predicted octanol–water partition coefficient (Wildman–Crippen LogP) is 2.96. The number of rotatable bonds is 13. The predicted molar refractivity (Wildman–Crippen MR) is 122 cm³/mol. The molecule has 1 atom stereocenters. The highest BCUT2D eigenvalue weighted by molar-refractivity contribution is 5.77. The van der Waals surface area contributed by atoms with E-state index >= 15 is 0 Å². The molecule has 3 aromatic rings. The van der Waals surface area contributed by atoms with Crippen molar-refractivity contribution < 1.29 is 23.7 Å². The maximum absolute atomic E-state index is 11.4. The molecule has 10 nitrogen and oxygen atoms in total. The number of carbonyl (C=O) groups excluding carboxylic acids is 1. The van der Waals surface area contributed by atoms with Gasteiger partial charge in [-0.2, -0.15) is 9.97 Å². The van der Waals surface area contributed by atoms with E-state index in [0.29, 0.717) is 49.8 Å². The molecular formula is C23H31N5O5. The van der Waals surface area contributed by atoms with E-state index in [-0.39, 0.29) is 24.4 Å². The van der Waals surface area contributed by atoms with Crippen LogP contribution in [0.5, 0.6) is 5.88 Å². The highest BCUT2D eigenvalue weighted by atomic mass is 16.7. The molecule has 0 saturated carbocycles. The largest absolute Gasteiger partial charge is 0.471 e. The highest BCUT2D eigenvalue weighted by Crippen LogP contribution is 2.24. The summed E-state index contributed by atoms with van der Waals surface area (Å²) < 4.78 is 24.4. The molecule has 2 heterocycles. The van der Waals surface area contributed by atoms with Crippen LogP contribution in [0.25, 0.3) is 11.2 Å². The molecule has 0 aliphatic carbocycles. The summed E-state index contributed by atoms with van der Waals surface area (Å²) >= 11 is 0. The molecular weight excluding hydrogens is 426 g/mol. The Bertz CT molecular complexity index is 1020. The summed E-state index contributed by atoms with van der Waals surface area (Å²) in [5, 5.41) is 0. The Labute approximate surface area is 193 Å². The Hall–Kier alpha value is -3.24. The second-order valence-corrected chi connectivity index (χ2v) is 7.47.